The van der Waals surface area contributed by atoms with Crippen molar-refractivity contribution >= 4 is 26.7 Å². The number of nitrogens with one attached hydrogen (secondary N) is 1. The first-order valence-corrected chi connectivity index (χ1v) is 9.71. The maximum atomic E-state index is 12.5. The van der Waals surface area contributed by atoms with Crippen molar-refractivity contribution in [2.24, 2.45) is 5.73 Å². The topological polar surface area (TPSA) is 101 Å². The molecule has 0 spiro atoms. The molecule has 0 amide bonds. The standard InChI is InChI=1S/C16H25N5O2S/c1-3-21(4-2)16-14-11-13(7-8-15(14)18-12-19-16)24(22,23)20-10-6-5-9-17/h7-8,11-12,20H,3-6,9-10,17H2,1-2H3. The summed E-state index contributed by atoms with van der Waals surface area (Å²) in [4.78, 5) is 10.9. The van der Waals surface area contributed by atoms with Crippen molar-refractivity contribution in [2.75, 3.05) is 31.1 Å². The molecular weight excluding hydrogens is 326 g/mol. The number of rotatable bonds is 9. The van der Waals surface area contributed by atoms with Crippen LogP contribution < -0.4 is 15.4 Å². The van der Waals surface area contributed by atoms with Gasteiger partial charge < -0.3 is 10.6 Å². The van der Waals surface area contributed by atoms with Crippen LogP contribution in [0.5, 0.6) is 0 Å². The molecule has 3 N–H and O–H groups in total. The summed E-state index contributed by atoms with van der Waals surface area (Å²) in [6, 6.07) is 4.94. The fourth-order valence-corrected chi connectivity index (χ4v) is 3.62. The predicted octanol–water partition coefficient (Wildman–Crippen LogP) is 1.49. The van der Waals surface area contributed by atoms with Crippen LogP contribution in [-0.4, -0.2) is 44.6 Å². The molecule has 0 saturated heterocycles. The van der Waals surface area contributed by atoms with Crippen LogP contribution in [0.25, 0.3) is 10.9 Å². The first kappa shape index (κ1) is 18.6. The Morgan fingerprint density at radius 2 is 1.92 bits per heavy atom. The molecule has 8 heteroatoms. The molecule has 7 nitrogen and oxygen atoms in total. The van der Waals surface area contributed by atoms with Crippen LogP contribution in [0, 0.1) is 0 Å². The number of fused-ring (bicyclic) bond motifs is 1. The van der Waals surface area contributed by atoms with E-state index in [-0.39, 0.29) is 4.90 Å². The molecular formula is C16H25N5O2S. The first-order valence-electron chi connectivity index (χ1n) is 8.23. The third kappa shape index (κ3) is 4.19. The number of anilines is 1. The minimum absolute atomic E-state index is 0.228. The van der Waals surface area contributed by atoms with Crippen LogP contribution in [0.4, 0.5) is 5.82 Å². The van der Waals surface area contributed by atoms with Crippen LogP contribution in [0.1, 0.15) is 26.7 Å². The lowest BCUT2D eigenvalue weighted by Crippen LogP contribution is -2.25. The summed E-state index contributed by atoms with van der Waals surface area (Å²) in [5, 5.41) is 0.742. The summed E-state index contributed by atoms with van der Waals surface area (Å²) in [6.07, 6.45) is 3.02. The van der Waals surface area contributed by atoms with E-state index in [4.69, 9.17) is 5.73 Å². The highest BCUT2D eigenvalue weighted by Crippen LogP contribution is 2.25. The van der Waals surface area contributed by atoms with Gasteiger partial charge >= 0.3 is 0 Å². The van der Waals surface area contributed by atoms with Gasteiger partial charge in [0, 0.05) is 25.0 Å². The Bertz CT molecular complexity index is 775. The van der Waals surface area contributed by atoms with Gasteiger partial charge in [0.2, 0.25) is 10.0 Å². The molecule has 0 aliphatic rings. The van der Waals surface area contributed by atoms with Gasteiger partial charge in [0.1, 0.15) is 12.1 Å². The zero-order valence-corrected chi connectivity index (χ0v) is 15.0. The molecule has 0 aliphatic heterocycles. The Morgan fingerprint density at radius 3 is 2.58 bits per heavy atom. The van der Waals surface area contributed by atoms with E-state index in [0.29, 0.717) is 13.1 Å². The first-order chi connectivity index (χ1) is 11.5. The highest BCUT2D eigenvalue weighted by atomic mass is 32.2. The van der Waals surface area contributed by atoms with Crippen LogP contribution in [-0.2, 0) is 10.0 Å². The van der Waals surface area contributed by atoms with E-state index in [1.807, 2.05) is 13.8 Å². The summed E-state index contributed by atoms with van der Waals surface area (Å²) in [5.74, 6) is 0.755. The Labute approximate surface area is 143 Å². The van der Waals surface area contributed by atoms with Crippen molar-refractivity contribution < 1.29 is 8.42 Å². The van der Waals surface area contributed by atoms with Gasteiger partial charge in [-0.1, -0.05) is 0 Å². The molecule has 132 valence electrons. The summed E-state index contributed by atoms with van der Waals surface area (Å²) in [5.41, 5.74) is 6.16. The molecule has 2 aromatic rings. The van der Waals surface area contributed by atoms with Crippen molar-refractivity contribution in [1.82, 2.24) is 14.7 Å². The minimum Gasteiger partial charge on any atom is -0.357 e. The second kappa shape index (κ2) is 8.36. The van der Waals surface area contributed by atoms with E-state index in [1.54, 1.807) is 18.2 Å². The van der Waals surface area contributed by atoms with Gasteiger partial charge in [-0.05, 0) is 51.4 Å². The van der Waals surface area contributed by atoms with E-state index in [2.05, 4.69) is 19.6 Å². The van der Waals surface area contributed by atoms with E-state index in [0.717, 1.165) is 42.7 Å². The maximum Gasteiger partial charge on any atom is 0.240 e. The number of nitrogens with two attached hydrogens (primary N) is 1. The summed E-state index contributed by atoms with van der Waals surface area (Å²) < 4.78 is 27.5. The normalized spacial score (nSPS) is 11.8. The highest BCUT2D eigenvalue weighted by Gasteiger charge is 2.16. The largest absolute Gasteiger partial charge is 0.357 e. The lowest BCUT2D eigenvalue weighted by molar-refractivity contribution is 0.577. The van der Waals surface area contributed by atoms with Crippen molar-refractivity contribution in [3.8, 4) is 0 Å². The average molecular weight is 351 g/mol. The van der Waals surface area contributed by atoms with Gasteiger partial charge in [-0.15, -0.1) is 0 Å². The van der Waals surface area contributed by atoms with Crippen molar-refractivity contribution in [1.29, 1.82) is 0 Å². The number of hydrogen-bond donors (Lipinski definition) is 2. The Kier molecular flexibility index (Phi) is 6.47. The van der Waals surface area contributed by atoms with Crippen molar-refractivity contribution in [2.45, 2.75) is 31.6 Å². The van der Waals surface area contributed by atoms with Gasteiger partial charge in [0.15, 0.2) is 0 Å². The molecule has 1 aromatic carbocycles. The third-order valence-corrected chi connectivity index (χ3v) is 5.34. The molecule has 0 radical (unpaired) electrons. The number of unbranched alkanes of at least 4 members (excludes halogenated alkanes) is 1. The molecule has 0 aliphatic carbocycles. The van der Waals surface area contributed by atoms with E-state index in [1.165, 1.54) is 6.33 Å². The Hall–Kier alpha value is -1.77. The van der Waals surface area contributed by atoms with Gasteiger partial charge in [0.25, 0.3) is 0 Å². The van der Waals surface area contributed by atoms with E-state index >= 15 is 0 Å². The molecule has 1 aromatic heterocycles. The SMILES string of the molecule is CCN(CC)c1ncnc2ccc(S(=O)(=O)NCCCCN)cc12. The van der Waals surface area contributed by atoms with Crippen LogP contribution in [0.2, 0.25) is 0 Å². The summed E-state index contributed by atoms with van der Waals surface area (Å²) in [6.45, 7) is 6.59. The van der Waals surface area contributed by atoms with Gasteiger partial charge in [-0.25, -0.2) is 23.1 Å². The quantitative estimate of drug-likeness (QED) is 0.664. The highest BCUT2D eigenvalue weighted by molar-refractivity contribution is 7.89. The lowest BCUT2D eigenvalue weighted by Gasteiger charge is -2.21. The van der Waals surface area contributed by atoms with Gasteiger partial charge in [0.05, 0.1) is 10.4 Å². The smallest absolute Gasteiger partial charge is 0.240 e. The molecule has 24 heavy (non-hydrogen) atoms. The Balaban J connectivity index is 2.37. The van der Waals surface area contributed by atoms with Crippen molar-refractivity contribution in [3.63, 3.8) is 0 Å². The monoisotopic (exact) mass is 351 g/mol. The van der Waals surface area contributed by atoms with E-state index in [9.17, 15) is 8.42 Å². The zero-order valence-electron chi connectivity index (χ0n) is 14.2. The summed E-state index contributed by atoms with van der Waals surface area (Å²) in [7, 11) is -3.55. The van der Waals surface area contributed by atoms with E-state index < -0.39 is 10.0 Å². The molecule has 0 atom stereocenters. The van der Waals surface area contributed by atoms with Crippen LogP contribution >= 0.6 is 0 Å². The number of hydrogen-bond acceptors (Lipinski definition) is 6. The van der Waals surface area contributed by atoms with Crippen molar-refractivity contribution in [3.05, 3.63) is 24.5 Å². The van der Waals surface area contributed by atoms with Gasteiger partial charge in [-0.3, -0.25) is 0 Å². The number of sulfonamides is 1. The fourth-order valence-electron chi connectivity index (χ4n) is 2.52. The molecule has 0 unspecified atom stereocenters. The molecule has 1 heterocycles. The fraction of sp³-hybridized carbons (Fsp3) is 0.500. The van der Waals surface area contributed by atoms with Gasteiger partial charge in [-0.2, -0.15) is 0 Å². The molecule has 2 rings (SSSR count). The third-order valence-electron chi connectivity index (χ3n) is 3.88. The molecule has 0 saturated carbocycles. The van der Waals surface area contributed by atoms with Crippen LogP contribution in [0.3, 0.4) is 0 Å². The number of benzene rings is 1. The second-order valence-corrected chi connectivity index (χ2v) is 7.21. The lowest BCUT2D eigenvalue weighted by atomic mass is 10.2. The molecule has 0 fully saturated rings. The predicted molar refractivity (Wildman–Crippen MR) is 96.6 cm³/mol. The Morgan fingerprint density at radius 1 is 1.17 bits per heavy atom. The second-order valence-electron chi connectivity index (χ2n) is 5.44. The number of nitrogens with zero attached hydrogens (tertiary/aromatic N) is 3. The summed E-state index contributed by atoms with van der Waals surface area (Å²) >= 11 is 0. The maximum absolute atomic E-state index is 12.5. The number of aromatic nitrogens is 2. The average Bonchev–Trinajstić information content (AvgIpc) is 2.59. The molecule has 0 bridgehead atoms. The zero-order chi connectivity index (χ0) is 17.6. The van der Waals surface area contributed by atoms with Crippen LogP contribution in [0.15, 0.2) is 29.4 Å². The minimum atomic E-state index is -3.55.